The van der Waals surface area contributed by atoms with Crippen LogP contribution in [0, 0.1) is 6.92 Å². The predicted octanol–water partition coefficient (Wildman–Crippen LogP) is 2.68. The molecule has 0 atom stereocenters. The average molecular weight is 366 g/mol. The van der Waals surface area contributed by atoms with Gasteiger partial charge in [-0.25, -0.2) is 9.69 Å². The van der Waals surface area contributed by atoms with Crippen LogP contribution in [0.2, 0.25) is 0 Å². The number of benzene rings is 2. The Hall–Kier alpha value is -3.61. The second-order valence-electron chi connectivity index (χ2n) is 5.88. The molecule has 1 N–H and O–H groups in total. The summed E-state index contributed by atoms with van der Waals surface area (Å²) >= 11 is 0. The van der Waals surface area contributed by atoms with Crippen LogP contribution in [0.4, 0.5) is 10.5 Å². The largest absolute Gasteiger partial charge is 0.497 e. The van der Waals surface area contributed by atoms with Crippen molar-refractivity contribution in [3.05, 3.63) is 59.2 Å². The lowest BCUT2D eigenvalue weighted by Crippen LogP contribution is -2.54. The molecule has 0 aliphatic carbocycles. The summed E-state index contributed by atoms with van der Waals surface area (Å²) in [6.07, 6.45) is 1.47. The van der Waals surface area contributed by atoms with Gasteiger partial charge in [-0.3, -0.25) is 14.9 Å². The lowest BCUT2D eigenvalue weighted by atomic mass is 10.0. The zero-order valence-corrected chi connectivity index (χ0v) is 15.1. The first-order valence-corrected chi connectivity index (χ1v) is 8.14. The summed E-state index contributed by atoms with van der Waals surface area (Å²) in [7, 11) is 3.08. The van der Waals surface area contributed by atoms with Crippen molar-refractivity contribution in [2.45, 2.75) is 6.92 Å². The number of hydrogen-bond donors (Lipinski definition) is 1. The molecule has 138 valence electrons. The van der Waals surface area contributed by atoms with Gasteiger partial charge in [0, 0.05) is 0 Å². The molecule has 0 spiro atoms. The van der Waals surface area contributed by atoms with Gasteiger partial charge in [-0.2, -0.15) is 0 Å². The van der Waals surface area contributed by atoms with Crippen LogP contribution in [0.3, 0.4) is 0 Å². The maximum Gasteiger partial charge on any atom is 0.335 e. The van der Waals surface area contributed by atoms with Crippen molar-refractivity contribution in [2.75, 3.05) is 19.1 Å². The van der Waals surface area contributed by atoms with Crippen molar-refractivity contribution in [3.8, 4) is 11.5 Å². The van der Waals surface area contributed by atoms with Crippen LogP contribution < -0.4 is 19.7 Å². The van der Waals surface area contributed by atoms with E-state index < -0.39 is 17.8 Å². The topological polar surface area (TPSA) is 84.9 Å². The van der Waals surface area contributed by atoms with Gasteiger partial charge in [0.15, 0.2) is 0 Å². The van der Waals surface area contributed by atoms with Crippen LogP contribution in [-0.2, 0) is 9.59 Å². The van der Waals surface area contributed by atoms with E-state index in [0.29, 0.717) is 22.7 Å². The number of urea groups is 1. The third kappa shape index (κ3) is 3.52. The highest BCUT2D eigenvalue weighted by Gasteiger charge is 2.36. The molecule has 0 unspecified atom stereocenters. The molecule has 3 rings (SSSR count). The van der Waals surface area contributed by atoms with Crippen LogP contribution in [-0.4, -0.2) is 32.1 Å². The van der Waals surface area contributed by atoms with Crippen molar-refractivity contribution < 1.29 is 23.9 Å². The molecule has 7 heteroatoms. The molecule has 2 aromatic rings. The summed E-state index contributed by atoms with van der Waals surface area (Å²) < 4.78 is 10.2. The second-order valence-corrected chi connectivity index (χ2v) is 5.88. The number of imide groups is 2. The molecule has 0 saturated carbocycles. The monoisotopic (exact) mass is 366 g/mol. The summed E-state index contributed by atoms with van der Waals surface area (Å²) in [5.41, 5.74) is 1.72. The van der Waals surface area contributed by atoms with Gasteiger partial charge in [0.25, 0.3) is 11.8 Å². The van der Waals surface area contributed by atoms with Crippen molar-refractivity contribution in [3.63, 3.8) is 0 Å². The lowest BCUT2D eigenvalue weighted by molar-refractivity contribution is -0.122. The highest BCUT2D eigenvalue weighted by molar-refractivity contribution is 6.39. The van der Waals surface area contributed by atoms with Gasteiger partial charge in [0.1, 0.15) is 17.1 Å². The van der Waals surface area contributed by atoms with Crippen molar-refractivity contribution in [2.24, 2.45) is 0 Å². The van der Waals surface area contributed by atoms with Gasteiger partial charge in [-0.15, -0.1) is 0 Å². The molecule has 1 aliphatic rings. The molecule has 0 bridgehead atoms. The van der Waals surface area contributed by atoms with Crippen LogP contribution in [0.5, 0.6) is 11.5 Å². The normalized spacial score (nSPS) is 15.7. The predicted molar refractivity (Wildman–Crippen MR) is 99.7 cm³/mol. The second kappa shape index (κ2) is 7.33. The number of amides is 4. The van der Waals surface area contributed by atoms with E-state index in [4.69, 9.17) is 9.47 Å². The van der Waals surface area contributed by atoms with E-state index in [9.17, 15) is 14.4 Å². The SMILES string of the molecule is COc1ccc(N2C(=O)NC(=O)/C(=C\c3ccc(OC)cc3C)C2=O)cc1. The van der Waals surface area contributed by atoms with Gasteiger partial charge in [-0.1, -0.05) is 6.07 Å². The summed E-state index contributed by atoms with van der Waals surface area (Å²) in [5, 5.41) is 2.20. The van der Waals surface area contributed by atoms with Gasteiger partial charge in [0.05, 0.1) is 19.9 Å². The fraction of sp³-hybridized carbons (Fsp3) is 0.150. The van der Waals surface area contributed by atoms with E-state index >= 15 is 0 Å². The molecule has 4 amide bonds. The fourth-order valence-electron chi connectivity index (χ4n) is 2.72. The number of anilines is 1. The Morgan fingerprint density at radius 2 is 1.56 bits per heavy atom. The average Bonchev–Trinajstić information content (AvgIpc) is 2.66. The first-order valence-electron chi connectivity index (χ1n) is 8.14. The van der Waals surface area contributed by atoms with E-state index in [1.165, 1.54) is 13.2 Å². The Morgan fingerprint density at radius 3 is 2.15 bits per heavy atom. The number of rotatable bonds is 4. The molecule has 27 heavy (non-hydrogen) atoms. The molecular formula is C20H18N2O5. The van der Waals surface area contributed by atoms with Gasteiger partial charge < -0.3 is 9.47 Å². The highest BCUT2D eigenvalue weighted by atomic mass is 16.5. The Kier molecular flexibility index (Phi) is 4.94. The van der Waals surface area contributed by atoms with Gasteiger partial charge in [-0.05, 0) is 60.5 Å². The Balaban J connectivity index is 1.99. The summed E-state index contributed by atoms with van der Waals surface area (Å²) in [6, 6.07) is 10.9. The molecule has 1 heterocycles. The number of carbonyl (C=O) groups excluding carboxylic acids is 3. The van der Waals surface area contributed by atoms with E-state index in [1.807, 2.05) is 6.92 Å². The van der Waals surface area contributed by atoms with E-state index in [-0.39, 0.29) is 5.57 Å². The van der Waals surface area contributed by atoms with Crippen molar-refractivity contribution in [1.82, 2.24) is 5.32 Å². The Bertz CT molecular complexity index is 947. The van der Waals surface area contributed by atoms with Crippen molar-refractivity contribution in [1.29, 1.82) is 0 Å². The molecular weight excluding hydrogens is 348 g/mol. The number of ether oxygens (including phenoxy) is 2. The van der Waals surface area contributed by atoms with Crippen LogP contribution in [0.1, 0.15) is 11.1 Å². The standard InChI is InChI=1S/C20H18N2O5/c1-12-10-16(27-3)7-4-13(12)11-17-18(23)21-20(25)22(19(17)24)14-5-8-15(26-2)9-6-14/h4-11H,1-3H3,(H,21,23,25)/b17-11+. The minimum Gasteiger partial charge on any atom is -0.497 e. The first-order chi connectivity index (χ1) is 12.9. The Labute approximate surface area is 156 Å². The van der Waals surface area contributed by atoms with Crippen LogP contribution in [0.25, 0.3) is 6.08 Å². The third-order valence-corrected chi connectivity index (χ3v) is 4.21. The summed E-state index contributed by atoms with van der Waals surface area (Å²) in [6.45, 7) is 1.84. The molecule has 0 radical (unpaired) electrons. The van der Waals surface area contributed by atoms with E-state index in [0.717, 1.165) is 10.5 Å². The molecule has 7 nitrogen and oxygen atoms in total. The number of aryl methyl sites for hydroxylation is 1. The number of methoxy groups -OCH3 is 2. The molecule has 1 saturated heterocycles. The number of nitrogens with zero attached hydrogens (tertiary/aromatic N) is 1. The minimum atomic E-state index is -0.793. The smallest absolute Gasteiger partial charge is 0.335 e. The maximum atomic E-state index is 12.9. The summed E-state index contributed by atoms with van der Waals surface area (Å²) in [5.74, 6) is -0.164. The quantitative estimate of drug-likeness (QED) is 0.664. The minimum absolute atomic E-state index is 0.126. The van der Waals surface area contributed by atoms with Crippen LogP contribution in [0.15, 0.2) is 48.0 Å². The number of barbiturate groups is 1. The molecule has 0 aromatic heterocycles. The van der Waals surface area contributed by atoms with Crippen molar-refractivity contribution >= 4 is 29.6 Å². The van der Waals surface area contributed by atoms with Gasteiger partial charge in [0.2, 0.25) is 0 Å². The van der Waals surface area contributed by atoms with Gasteiger partial charge >= 0.3 is 6.03 Å². The zero-order valence-electron chi connectivity index (χ0n) is 15.1. The Morgan fingerprint density at radius 1 is 0.926 bits per heavy atom. The number of carbonyl (C=O) groups is 3. The molecule has 1 fully saturated rings. The number of nitrogens with one attached hydrogen (secondary N) is 1. The lowest BCUT2D eigenvalue weighted by Gasteiger charge is -2.26. The fourth-order valence-corrected chi connectivity index (χ4v) is 2.72. The van der Waals surface area contributed by atoms with E-state index in [2.05, 4.69) is 5.32 Å². The number of hydrogen-bond acceptors (Lipinski definition) is 5. The van der Waals surface area contributed by atoms with Crippen LogP contribution >= 0.6 is 0 Å². The summed E-state index contributed by atoms with van der Waals surface area (Å²) in [4.78, 5) is 38.2. The zero-order chi connectivity index (χ0) is 19.6. The molecule has 2 aromatic carbocycles. The van der Waals surface area contributed by atoms with E-state index in [1.54, 1.807) is 49.6 Å². The highest BCUT2D eigenvalue weighted by Crippen LogP contribution is 2.25. The maximum absolute atomic E-state index is 12.9. The molecule has 1 aliphatic heterocycles. The first kappa shape index (κ1) is 18.2. The third-order valence-electron chi connectivity index (χ3n) is 4.21.